The molecule has 0 aromatic heterocycles. The summed E-state index contributed by atoms with van der Waals surface area (Å²) < 4.78 is 35.5. The molecular weight excluding hydrogens is 217 g/mol. The molecule has 1 saturated heterocycles. The van der Waals surface area contributed by atoms with Crippen LogP contribution in [0.1, 0.15) is 32.6 Å². The van der Waals surface area contributed by atoms with E-state index in [0.717, 1.165) is 19.5 Å². The molecule has 5 heteroatoms. The molecule has 96 valence electrons. The van der Waals surface area contributed by atoms with Crippen molar-refractivity contribution in [2.24, 2.45) is 0 Å². The van der Waals surface area contributed by atoms with Crippen molar-refractivity contribution < 1.29 is 13.2 Å². The first-order valence-corrected chi connectivity index (χ1v) is 6.00. The predicted octanol–water partition coefficient (Wildman–Crippen LogP) is 2.40. The topological polar surface area (TPSA) is 15.3 Å². The molecule has 0 aromatic rings. The standard InChI is InChI=1S/C11H21F3N2/c1-10-5-2-3-7-16(10)8-4-6-15-9-11(12,13)14/h10,15H,2-9H2,1H3. The zero-order chi connectivity index (χ0) is 12.0. The number of nitrogens with zero attached hydrogens (tertiary/aromatic N) is 1. The first kappa shape index (κ1) is 13.8. The number of hydrogen-bond acceptors (Lipinski definition) is 2. The first-order valence-electron chi connectivity index (χ1n) is 6.00. The van der Waals surface area contributed by atoms with Crippen LogP contribution in [0.15, 0.2) is 0 Å². The molecule has 1 heterocycles. The lowest BCUT2D eigenvalue weighted by molar-refractivity contribution is -0.124. The molecule has 0 aliphatic carbocycles. The Hall–Kier alpha value is -0.290. The Morgan fingerprint density at radius 2 is 2.06 bits per heavy atom. The van der Waals surface area contributed by atoms with E-state index in [-0.39, 0.29) is 0 Å². The van der Waals surface area contributed by atoms with Crippen LogP contribution in [0.4, 0.5) is 13.2 Å². The quantitative estimate of drug-likeness (QED) is 0.740. The molecule has 1 fully saturated rings. The van der Waals surface area contributed by atoms with Gasteiger partial charge >= 0.3 is 6.18 Å². The van der Waals surface area contributed by atoms with Gasteiger partial charge in [-0.15, -0.1) is 0 Å². The zero-order valence-electron chi connectivity index (χ0n) is 9.82. The fourth-order valence-electron chi connectivity index (χ4n) is 2.13. The third-order valence-corrected chi connectivity index (χ3v) is 3.06. The minimum absolute atomic E-state index is 0.447. The lowest BCUT2D eigenvalue weighted by Crippen LogP contribution is -2.39. The second-order valence-corrected chi connectivity index (χ2v) is 4.53. The fourth-order valence-corrected chi connectivity index (χ4v) is 2.13. The van der Waals surface area contributed by atoms with E-state index in [1.54, 1.807) is 0 Å². The molecule has 0 radical (unpaired) electrons. The third kappa shape index (κ3) is 5.70. The van der Waals surface area contributed by atoms with Crippen molar-refractivity contribution in [2.75, 3.05) is 26.2 Å². The van der Waals surface area contributed by atoms with E-state index in [9.17, 15) is 13.2 Å². The van der Waals surface area contributed by atoms with Crippen molar-refractivity contribution in [3.8, 4) is 0 Å². The zero-order valence-corrected chi connectivity index (χ0v) is 9.82. The van der Waals surface area contributed by atoms with Gasteiger partial charge in [-0.1, -0.05) is 6.42 Å². The monoisotopic (exact) mass is 238 g/mol. The highest BCUT2D eigenvalue weighted by molar-refractivity contribution is 4.73. The van der Waals surface area contributed by atoms with Gasteiger partial charge in [0.05, 0.1) is 6.54 Å². The van der Waals surface area contributed by atoms with Crippen molar-refractivity contribution in [3.63, 3.8) is 0 Å². The minimum Gasteiger partial charge on any atom is -0.309 e. The minimum atomic E-state index is -4.08. The summed E-state index contributed by atoms with van der Waals surface area (Å²) >= 11 is 0. The summed E-state index contributed by atoms with van der Waals surface area (Å²) in [5, 5.41) is 2.43. The Morgan fingerprint density at radius 1 is 1.31 bits per heavy atom. The number of piperidine rings is 1. The van der Waals surface area contributed by atoms with Gasteiger partial charge in [-0.2, -0.15) is 13.2 Å². The number of alkyl halides is 3. The molecule has 1 aliphatic rings. The van der Waals surface area contributed by atoms with Gasteiger partial charge in [-0.3, -0.25) is 0 Å². The van der Waals surface area contributed by atoms with Crippen molar-refractivity contribution >= 4 is 0 Å². The highest BCUT2D eigenvalue weighted by atomic mass is 19.4. The average molecular weight is 238 g/mol. The highest BCUT2D eigenvalue weighted by Crippen LogP contribution is 2.16. The van der Waals surface area contributed by atoms with Crippen molar-refractivity contribution in [3.05, 3.63) is 0 Å². The van der Waals surface area contributed by atoms with Gasteiger partial charge in [0, 0.05) is 6.04 Å². The molecule has 1 rings (SSSR count). The van der Waals surface area contributed by atoms with Crippen LogP contribution in [0.3, 0.4) is 0 Å². The van der Waals surface area contributed by atoms with Crippen LogP contribution in [0.5, 0.6) is 0 Å². The summed E-state index contributed by atoms with van der Waals surface area (Å²) in [7, 11) is 0. The van der Waals surface area contributed by atoms with Crippen LogP contribution < -0.4 is 5.32 Å². The average Bonchev–Trinajstić information content (AvgIpc) is 2.18. The lowest BCUT2D eigenvalue weighted by atomic mass is 10.0. The highest BCUT2D eigenvalue weighted by Gasteiger charge is 2.26. The van der Waals surface area contributed by atoms with E-state index in [1.165, 1.54) is 19.3 Å². The van der Waals surface area contributed by atoms with E-state index < -0.39 is 12.7 Å². The van der Waals surface area contributed by atoms with Gasteiger partial charge in [0.1, 0.15) is 0 Å². The molecule has 0 amide bonds. The van der Waals surface area contributed by atoms with Gasteiger partial charge < -0.3 is 10.2 Å². The smallest absolute Gasteiger partial charge is 0.309 e. The molecule has 0 aromatic carbocycles. The Balaban J connectivity index is 2.02. The number of nitrogens with one attached hydrogen (secondary N) is 1. The van der Waals surface area contributed by atoms with Crippen LogP contribution in [-0.4, -0.2) is 43.3 Å². The number of likely N-dealkylation sites (tertiary alicyclic amines) is 1. The summed E-state index contributed by atoms with van der Waals surface area (Å²) in [5.74, 6) is 0. The molecule has 0 spiro atoms. The number of rotatable bonds is 5. The van der Waals surface area contributed by atoms with Crippen LogP contribution in [0, 0.1) is 0 Å². The molecular formula is C11H21F3N2. The van der Waals surface area contributed by atoms with Crippen LogP contribution in [0.25, 0.3) is 0 Å². The summed E-state index contributed by atoms with van der Waals surface area (Å²) in [6.07, 6.45) is 0.430. The van der Waals surface area contributed by atoms with E-state index in [4.69, 9.17) is 0 Å². The Labute approximate surface area is 95.2 Å². The Morgan fingerprint density at radius 3 is 2.69 bits per heavy atom. The Kier molecular flexibility index (Phi) is 5.55. The van der Waals surface area contributed by atoms with Crippen molar-refractivity contribution in [1.82, 2.24) is 10.2 Å². The van der Waals surface area contributed by atoms with Gasteiger partial charge in [0.25, 0.3) is 0 Å². The molecule has 0 saturated carbocycles. The predicted molar refractivity (Wildman–Crippen MR) is 58.4 cm³/mol. The maximum atomic E-state index is 11.8. The largest absolute Gasteiger partial charge is 0.401 e. The summed E-state index contributed by atoms with van der Waals surface area (Å²) in [5.41, 5.74) is 0. The molecule has 2 nitrogen and oxygen atoms in total. The van der Waals surface area contributed by atoms with Crippen molar-refractivity contribution in [2.45, 2.75) is 44.8 Å². The van der Waals surface area contributed by atoms with Gasteiger partial charge in [0.15, 0.2) is 0 Å². The third-order valence-electron chi connectivity index (χ3n) is 3.06. The van der Waals surface area contributed by atoms with Gasteiger partial charge in [-0.25, -0.2) is 0 Å². The van der Waals surface area contributed by atoms with Crippen LogP contribution in [-0.2, 0) is 0 Å². The Bertz CT molecular complexity index is 194. The van der Waals surface area contributed by atoms with E-state index in [0.29, 0.717) is 12.6 Å². The van der Waals surface area contributed by atoms with E-state index in [1.807, 2.05) is 0 Å². The molecule has 1 N–H and O–H groups in total. The van der Waals surface area contributed by atoms with Gasteiger partial charge in [0.2, 0.25) is 0 Å². The second kappa shape index (κ2) is 6.45. The fraction of sp³-hybridized carbons (Fsp3) is 1.00. The number of hydrogen-bond donors (Lipinski definition) is 1. The molecule has 16 heavy (non-hydrogen) atoms. The van der Waals surface area contributed by atoms with Crippen LogP contribution in [0.2, 0.25) is 0 Å². The van der Waals surface area contributed by atoms with E-state index in [2.05, 4.69) is 17.1 Å². The van der Waals surface area contributed by atoms with Gasteiger partial charge in [-0.05, 0) is 45.8 Å². The molecule has 1 atom stereocenters. The maximum Gasteiger partial charge on any atom is 0.401 e. The summed E-state index contributed by atoms with van der Waals surface area (Å²) in [6, 6.07) is 0.594. The molecule has 1 unspecified atom stereocenters. The van der Waals surface area contributed by atoms with Crippen molar-refractivity contribution in [1.29, 1.82) is 0 Å². The lowest BCUT2D eigenvalue weighted by Gasteiger charge is -2.33. The van der Waals surface area contributed by atoms with Crippen LogP contribution >= 0.6 is 0 Å². The SMILES string of the molecule is CC1CCCCN1CCCNCC(F)(F)F. The normalized spacial score (nSPS) is 23.6. The maximum absolute atomic E-state index is 11.8. The summed E-state index contributed by atoms with van der Waals surface area (Å²) in [6.45, 7) is 3.78. The van der Waals surface area contributed by atoms with E-state index >= 15 is 0 Å². The molecule has 1 aliphatic heterocycles. The number of halogens is 3. The summed E-state index contributed by atoms with van der Waals surface area (Å²) in [4.78, 5) is 2.37. The first-order chi connectivity index (χ1) is 7.49. The molecule has 0 bridgehead atoms. The second-order valence-electron chi connectivity index (χ2n) is 4.53.